The number of hydrogen-bond acceptors (Lipinski definition) is 3. The quantitative estimate of drug-likeness (QED) is 0.883. The standard InChI is InChI=1S/C14H17FN2O2/c15-12-5-3-11(4-6-12)2-1-7-17-8-9-19-13(10-17)14(16)18/h1-6,13H,7-10H2,(H2,16,18)/b2-1+. The highest BCUT2D eigenvalue weighted by Crippen LogP contribution is 2.07. The molecule has 1 unspecified atom stereocenters. The van der Waals surface area contributed by atoms with Crippen LogP contribution in [-0.4, -0.2) is 43.2 Å². The van der Waals surface area contributed by atoms with Crippen molar-refractivity contribution >= 4 is 12.0 Å². The first-order chi connectivity index (χ1) is 9.15. The third-order valence-corrected chi connectivity index (χ3v) is 3.01. The molecule has 0 spiro atoms. The highest BCUT2D eigenvalue weighted by molar-refractivity contribution is 5.79. The van der Waals surface area contributed by atoms with Crippen molar-refractivity contribution in [1.29, 1.82) is 0 Å². The molecule has 0 aromatic heterocycles. The van der Waals surface area contributed by atoms with Crippen molar-refractivity contribution in [3.05, 3.63) is 41.7 Å². The third kappa shape index (κ3) is 4.15. The molecule has 1 aromatic rings. The molecule has 0 saturated carbocycles. The minimum atomic E-state index is -0.520. The lowest BCUT2D eigenvalue weighted by Gasteiger charge is -2.30. The van der Waals surface area contributed by atoms with Crippen molar-refractivity contribution < 1.29 is 13.9 Å². The van der Waals surface area contributed by atoms with Gasteiger partial charge in [-0.15, -0.1) is 0 Å². The number of ether oxygens (including phenoxy) is 1. The fraction of sp³-hybridized carbons (Fsp3) is 0.357. The van der Waals surface area contributed by atoms with Crippen LogP contribution in [0.2, 0.25) is 0 Å². The lowest BCUT2D eigenvalue weighted by atomic mass is 10.2. The Balaban J connectivity index is 1.84. The van der Waals surface area contributed by atoms with Crippen LogP contribution in [0.4, 0.5) is 4.39 Å². The summed E-state index contributed by atoms with van der Waals surface area (Å²) in [6.45, 7) is 2.52. The smallest absolute Gasteiger partial charge is 0.247 e. The van der Waals surface area contributed by atoms with E-state index in [0.29, 0.717) is 19.7 Å². The highest BCUT2D eigenvalue weighted by Gasteiger charge is 2.23. The number of primary amides is 1. The molecule has 5 heteroatoms. The number of amides is 1. The second kappa shape index (κ2) is 6.45. The largest absolute Gasteiger partial charge is 0.367 e. The van der Waals surface area contributed by atoms with E-state index >= 15 is 0 Å². The summed E-state index contributed by atoms with van der Waals surface area (Å²) in [6, 6.07) is 6.30. The zero-order valence-electron chi connectivity index (χ0n) is 10.6. The zero-order chi connectivity index (χ0) is 13.7. The Labute approximate surface area is 111 Å². The molecule has 0 radical (unpaired) electrons. The molecule has 2 N–H and O–H groups in total. The molecule has 1 fully saturated rings. The normalized spacial score (nSPS) is 20.8. The topological polar surface area (TPSA) is 55.6 Å². The van der Waals surface area contributed by atoms with Crippen LogP contribution in [0.3, 0.4) is 0 Å². The summed E-state index contributed by atoms with van der Waals surface area (Å²) in [5, 5.41) is 0. The Hall–Kier alpha value is -1.72. The minimum absolute atomic E-state index is 0.241. The summed E-state index contributed by atoms with van der Waals surface area (Å²) >= 11 is 0. The molecule has 0 bridgehead atoms. The Bertz CT molecular complexity index is 459. The third-order valence-electron chi connectivity index (χ3n) is 3.01. The van der Waals surface area contributed by atoms with Gasteiger partial charge in [0.15, 0.2) is 0 Å². The summed E-state index contributed by atoms with van der Waals surface area (Å²) < 4.78 is 18.0. The maximum Gasteiger partial charge on any atom is 0.247 e. The van der Waals surface area contributed by atoms with Crippen LogP contribution in [0.15, 0.2) is 30.3 Å². The van der Waals surface area contributed by atoms with Crippen LogP contribution in [0, 0.1) is 5.82 Å². The minimum Gasteiger partial charge on any atom is -0.367 e. The van der Waals surface area contributed by atoms with Crippen molar-refractivity contribution in [2.45, 2.75) is 6.10 Å². The average molecular weight is 264 g/mol. The number of carbonyl (C=O) groups is 1. The van der Waals surface area contributed by atoms with Gasteiger partial charge in [0.05, 0.1) is 6.61 Å². The lowest BCUT2D eigenvalue weighted by Crippen LogP contribution is -2.48. The van der Waals surface area contributed by atoms with Crippen LogP contribution < -0.4 is 5.73 Å². The number of morpholine rings is 1. The van der Waals surface area contributed by atoms with Gasteiger partial charge in [-0.3, -0.25) is 9.69 Å². The predicted molar refractivity (Wildman–Crippen MR) is 70.8 cm³/mol. The molecule has 102 valence electrons. The van der Waals surface area contributed by atoms with Crippen LogP contribution in [0.25, 0.3) is 6.08 Å². The van der Waals surface area contributed by atoms with Gasteiger partial charge in [-0.05, 0) is 17.7 Å². The number of nitrogens with zero attached hydrogens (tertiary/aromatic N) is 1. The number of benzene rings is 1. The van der Waals surface area contributed by atoms with E-state index in [9.17, 15) is 9.18 Å². The van der Waals surface area contributed by atoms with E-state index in [2.05, 4.69) is 4.90 Å². The Morgan fingerprint density at radius 1 is 1.47 bits per heavy atom. The number of halogens is 1. The predicted octanol–water partition coefficient (Wildman–Crippen LogP) is 1.02. The first-order valence-corrected chi connectivity index (χ1v) is 6.20. The van der Waals surface area contributed by atoms with Gasteiger partial charge < -0.3 is 10.5 Å². The number of hydrogen-bond donors (Lipinski definition) is 1. The maximum atomic E-state index is 12.7. The molecule has 1 aliphatic heterocycles. The second-order valence-corrected chi connectivity index (χ2v) is 4.48. The average Bonchev–Trinajstić information content (AvgIpc) is 2.41. The molecular formula is C14H17FN2O2. The summed E-state index contributed by atoms with van der Waals surface area (Å²) in [5.41, 5.74) is 6.16. The van der Waals surface area contributed by atoms with Gasteiger partial charge in [-0.25, -0.2) is 4.39 Å². The first-order valence-electron chi connectivity index (χ1n) is 6.20. The van der Waals surface area contributed by atoms with Crippen LogP contribution in [-0.2, 0) is 9.53 Å². The molecule has 0 aliphatic carbocycles. The SMILES string of the molecule is NC(=O)C1CN(C/C=C/c2ccc(F)cc2)CCO1. The molecule has 1 heterocycles. The summed E-state index contributed by atoms with van der Waals surface area (Å²) in [5.74, 6) is -0.665. The molecule has 1 aliphatic rings. The van der Waals surface area contributed by atoms with E-state index < -0.39 is 12.0 Å². The monoisotopic (exact) mass is 264 g/mol. The van der Waals surface area contributed by atoms with E-state index in [1.165, 1.54) is 12.1 Å². The van der Waals surface area contributed by atoms with Gasteiger partial charge in [0.25, 0.3) is 0 Å². The van der Waals surface area contributed by atoms with Gasteiger partial charge in [-0.1, -0.05) is 24.3 Å². The first kappa shape index (κ1) is 13.7. The number of carbonyl (C=O) groups excluding carboxylic acids is 1. The Kier molecular flexibility index (Phi) is 4.65. The molecule has 1 amide bonds. The van der Waals surface area contributed by atoms with Crippen LogP contribution in [0.1, 0.15) is 5.56 Å². The second-order valence-electron chi connectivity index (χ2n) is 4.48. The maximum absolute atomic E-state index is 12.7. The summed E-state index contributed by atoms with van der Waals surface area (Å²) in [6.07, 6.45) is 3.39. The van der Waals surface area contributed by atoms with E-state index in [1.807, 2.05) is 12.2 Å². The van der Waals surface area contributed by atoms with E-state index in [0.717, 1.165) is 12.1 Å². The van der Waals surface area contributed by atoms with Crippen molar-refractivity contribution in [1.82, 2.24) is 4.90 Å². The molecule has 1 aromatic carbocycles. The van der Waals surface area contributed by atoms with Gasteiger partial charge >= 0.3 is 0 Å². The zero-order valence-corrected chi connectivity index (χ0v) is 10.6. The van der Waals surface area contributed by atoms with E-state index in [1.54, 1.807) is 12.1 Å². The lowest BCUT2D eigenvalue weighted by molar-refractivity contribution is -0.134. The van der Waals surface area contributed by atoms with Crippen molar-refractivity contribution in [2.75, 3.05) is 26.2 Å². The van der Waals surface area contributed by atoms with Gasteiger partial charge in [0.1, 0.15) is 11.9 Å². The molecule has 2 rings (SSSR count). The van der Waals surface area contributed by atoms with Gasteiger partial charge in [0, 0.05) is 19.6 Å². The molecule has 1 atom stereocenters. The van der Waals surface area contributed by atoms with Gasteiger partial charge in [-0.2, -0.15) is 0 Å². The van der Waals surface area contributed by atoms with E-state index in [-0.39, 0.29) is 5.82 Å². The summed E-state index contributed by atoms with van der Waals surface area (Å²) in [4.78, 5) is 13.1. The molecule has 4 nitrogen and oxygen atoms in total. The van der Waals surface area contributed by atoms with Crippen LogP contribution in [0.5, 0.6) is 0 Å². The molecular weight excluding hydrogens is 247 g/mol. The van der Waals surface area contributed by atoms with Gasteiger partial charge in [0.2, 0.25) is 5.91 Å². The fourth-order valence-corrected chi connectivity index (χ4v) is 1.95. The van der Waals surface area contributed by atoms with Crippen molar-refractivity contribution in [3.63, 3.8) is 0 Å². The summed E-state index contributed by atoms with van der Waals surface area (Å²) in [7, 11) is 0. The van der Waals surface area contributed by atoms with E-state index in [4.69, 9.17) is 10.5 Å². The van der Waals surface area contributed by atoms with Crippen molar-refractivity contribution in [3.8, 4) is 0 Å². The Morgan fingerprint density at radius 3 is 2.89 bits per heavy atom. The van der Waals surface area contributed by atoms with Crippen LogP contribution >= 0.6 is 0 Å². The fourth-order valence-electron chi connectivity index (χ4n) is 1.95. The number of nitrogens with two attached hydrogens (primary N) is 1. The number of rotatable bonds is 4. The molecule has 19 heavy (non-hydrogen) atoms. The molecule has 1 saturated heterocycles. The Morgan fingerprint density at radius 2 is 2.21 bits per heavy atom. The highest BCUT2D eigenvalue weighted by atomic mass is 19.1. The van der Waals surface area contributed by atoms with Crippen molar-refractivity contribution in [2.24, 2.45) is 5.73 Å².